The molecule has 1 atom stereocenters. The van der Waals surface area contributed by atoms with Gasteiger partial charge in [-0.2, -0.15) is 0 Å². The van der Waals surface area contributed by atoms with Crippen LogP contribution in [0, 0.1) is 5.92 Å². The van der Waals surface area contributed by atoms with Crippen LogP contribution in [0.2, 0.25) is 0 Å². The smallest absolute Gasteiger partial charge is 0.227 e. The minimum absolute atomic E-state index is 0.0470. The third-order valence-corrected chi connectivity index (χ3v) is 3.90. The van der Waals surface area contributed by atoms with Gasteiger partial charge in [-0.1, -0.05) is 0 Å². The third kappa shape index (κ3) is 3.58. The van der Waals surface area contributed by atoms with Crippen LogP contribution in [0.25, 0.3) is 0 Å². The van der Waals surface area contributed by atoms with Crippen LogP contribution in [0.1, 0.15) is 5.69 Å². The average molecular weight is 279 g/mol. The zero-order chi connectivity index (χ0) is 14.7. The monoisotopic (exact) mass is 279 g/mol. The SMILES string of the molecule is CN1CCN(Cc2cncn2C)CC(C(=O)N(C)C)C1. The number of hydrogen-bond acceptors (Lipinski definition) is 4. The zero-order valence-electron chi connectivity index (χ0n) is 12.9. The van der Waals surface area contributed by atoms with E-state index in [1.54, 1.807) is 4.90 Å². The molecule has 1 unspecified atom stereocenters. The molecule has 0 bridgehead atoms. The van der Waals surface area contributed by atoms with E-state index in [1.807, 2.05) is 38.2 Å². The molecule has 1 aromatic rings. The van der Waals surface area contributed by atoms with Gasteiger partial charge in [-0.25, -0.2) is 4.98 Å². The lowest BCUT2D eigenvalue weighted by molar-refractivity contribution is -0.133. The van der Waals surface area contributed by atoms with E-state index in [1.165, 1.54) is 5.69 Å². The molecular formula is C14H25N5O. The standard InChI is InChI=1S/C14H25N5O/c1-16(2)14(20)12-8-17(3)5-6-19(9-12)10-13-7-15-11-18(13)4/h7,11-12H,5-6,8-10H2,1-4H3. The molecule has 1 aliphatic rings. The molecule has 0 N–H and O–H groups in total. The fourth-order valence-electron chi connectivity index (χ4n) is 2.67. The second kappa shape index (κ2) is 6.37. The second-order valence-corrected chi connectivity index (χ2v) is 5.92. The van der Waals surface area contributed by atoms with E-state index in [0.29, 0.717) is 0 Å². The van der Waals surface area contributed by atoms with Gasteiger partial charge in [-0.3, -0.25) is 9.69 Å². The van der Waals surface area contributed by atoms with Gasteiger partial charge in [-0.05, 0) is 7.05 Å². The number of carbonyl (C=O) groups excluding carboxylic acids is 1. The summed E-state index contributed by atoms with van der Waals surface area (Å²) in [6.45, 7) is 4.47. The van der Waals surface area contributed by atoms with Crippen molar-refractivity contribution < 1.29 is 4.79 Å². The van der Waals surface area contributed by atoms with E-state index in [2.05, 4.69) is 21.8 Å². The highest BCUT2D eigenvalue weighted by Gasteiger charge is 2.27. The predicted molar refractivity (Wildman–Crippen MR) is 78.2 cm³/mol. The van der Waals surface area contributed by atoms with E-state index >= 15 is 0 Å². The number of carbonyl (C=O) groups is 1. The Labute approximate surface area is 121 Å². The Balaban J connectivity index is 2.06. The van der Waals surface area contributed by atoms with Crippen LogP contribution in [-0.2, 0) is 18.4 Å². The molecule has 0 aliphatic carbocycles. The molecule has 0 radical (unpaired) electrons. The van der Waals surface area contributed by atoms with E-state index in [-0.39, 0.29) is 11.8 Å². The first-order valence-corrected chi connectivity index (χ1v) is 7.04. The molecule has 0 aromatic carbocycles. The Morgan fingerprint density at radius 3 is 2.70 bits per heavy atom. The zero-order valence-corrected chi connectivity index (χ0v) is 12.9. The lowest BCUT2D eigenvalue weighted by Crippen LogP contribution is -2.40. The summed E-state index contributed by atoms with van der Waals surface area (Å²) in [6.07, 6.45) is 3.72. The fourth-order valence-corrected chi connectivity index (χ4v) is 2.67. The predicted octanol–water partition coefficient (Wildman–Crippen LogP) is -0.128. The number of imidazole rings is 1. The summed E-state index contributed by atoms with van der Waals surface area (Å²) in [5, 5.41) is 0. The van der Waals surface area contributed by atoms with Crippen molar-refractivity contribution in [1.82, 2.24) is 24.3 Å². The number of aryl methyl sites for hydroxylation is 1. The Hall–Kier alpha value is -1.40. The molecule has 1 aliphatic heterocycles. The quantitative estimate of drug-likeness (QED) is 0.773. The highest BCUT2D eigenvalue weighted by atomic mass is 16.2. The molecule has 1 fully saturated rings. The maximum atomic E-state index is 12.3. The molecule has 6 heteroatoms. The summed E-state index contributed by atoms with van der Waals surface area (Å²) in [5.74, 6) is 0.263. The van der Waals surface area contributed by atoms with E-state index < -0.39 is 0 Å². The maximum absolute atomic E-state index is 12.3. The number of hydrogen-bond donors (Lipinski definition) is 0. The van der Waals surface area contributed by atoms with Gasteiger partial charge in [0.05, 0.1) is 17.9 Å². The van der Waals surface area contributed by atoms with Crippen molar-refractivity contribution in [3.05, 3.63) is 18.2 Å². The van der Waals surface area contributed by atoms with Crippen molar-refractivity contribution >= 4 is 5.91 Å². The summed E-state index contributed by atoms with van der Waals surface area (Å²) in [5.41, 5.74) is 1.19. The number of nitrogens with zero attached hydrogens (tertiary/aromatic N) is 5. The van der Waals surface area contributed by atoms with Crippen molar-refractivity contribution in [3.63, 3.8) is 0 Å². The van der Waals surface area contributed by atoms with Gasteiger partial charge in [0.1, 0.15) is 0 Å². The molecule has 1 aromatic heterocycles. The Morgan fingerprint density at radius 2 is 2.10 bits per heavy atom. The molecule has 20 heavy (non-hydrogen) atoms. The number of rotatable bonds is 3. The maximum Gasteiger partial charge on any atom is 0.227 e. The minimum atomic E-state index is 0.0470. The molecule has 1 amide bonds. The third-order valence-electron chi connectivity index (χ3n) is 3.90. The lowest BCUT2D eigenvalue weighted by atomic mass is 10.1. The van der Waals surface area contributed by atoms with Crippen molar-refractivity contribution in [2.45, 2.75) is 6.54 Å². The van der Waals surface area contributed by atoms with E-state index in [4.69, 9.17) is 0 Å². The summed E-state index contributed by atoms with van der Waals surface area (Å²) >= 11 is 0. The van der Waals surface area contributed by atoms with Crippen LogP contribution < -0.4 is 0 Å². The first kappa shape index (κ1) is 15.0. The number of aromatic nitrogens is 2. The number of amides is 1. The van der Waals surface area contributed by atoms with Crippen LogP contribution in [0.3, 0.4) is 0 Å². The van der Waals surface area contributed by atoms with Gasteiger partial charge < -0.3 is 14.4 Å². The molecule has 112 valence electrons. The van der Waals surface area contributed by atoms with Crippen LogP contribution in [0.4, 0.5) is 0 Å². The van der Waals surface area contributed by atoms with Crippen LogP contribution in [0.5, 0.6) is 0 Å². The summed E-state index contributed by atoms with van der Waals surface area (Å²) in [7, 11) is 7.76. The highest BCUT2D eigenvalue weighted by molar-refractivity contribution is 5.78. The first-order valence-electron chi connectivity index (χ1n) is 7.04. The van der Waals surface area contributed by atoms with Crippen molar-refractivity contribution in [2.24, 2.45) is 13.0 Å². The molecular weight excluding hydrogens is 254 g/mol. The molecule has 0 spiro atoms. The topological polar surface area (TPSA) is 44.6 Å². The van der Waals surface area contributed by atoms with Crippen LogP contribution >= 0.6 is 0 Å². The van der Waals surface area contributed by atoms with Gasteiger partial charge in [0.25, 0.3) is 0 Å². The van der Waals surface area contributed by atoms with Crippen molar-refractivity contribution in [3.8, 4) is 0 Å². The van der Waals surface area contributed by atoms with E-state index in [0.717, 1.165) is 32.7 Å². The largest absolute Gasteiger partial charge is 0.348 e. The second-order valence-electron chi connectivity index (χ2n) is 5.92. The van der Waals surface area contributed by atoms with Gasteiger partial charge in [0, 0.05) is 60.1 Å². The van der Waals surface area contributed by atoms with Gasteiger partial charge in [0.15, 0.2) is 0 Å². The minimum Gasteiger partial charge on any atom is -0.348 e. The molecule has 6 nitrogen and oxygen atoms in total. The Bertz CT molecular complexity index is 456. The normalized spacial score (nSPS) is 21.7. The van der Waals surface area contributed by atoms with Crippen LogP contribution in [-0.4, -0.2) is 77.5 Å². The highest BCUT2D eigenvalue weighted by Crippen LogP contribution is 2.13. The van der Waals surface area contributed by atoms with Gasteiger partial charge in [0.2, 0.25) is 5.91 Å². The molecule has 2 heterocycles. The summed E-state index contributed by atoms with van der Waals surface area (Å²) in [4.78, 5) is 22.7. The van der Waals surface area contributed by atoms with Crippen molar-refractivity contribution in [1.29, 1.82) is 0 Å². The van der Waals surface area contributed by atoms with Gasteiger partial charge >= 0.3 is 0 Å². The van der Waals surface area contributed by atoms with E-state index in [9.17, 15) is 4.79 Å². The van der Waals surface area contributed by atoms with Crippen LogP contribution in [0.15, 0.2) is 12.5 Å². The van der Waals surface area contributed by atoms with Crippen molar-refractivity contribution in [2.75, 3.05) is 47.3 Å². The lowest BCUT2D eigenvalue weighted by Gasteiger charge is -2.25. The summed E-state index contributed by atoms with van der Waals surface area (Å²) in [6, 6.07) is 0. The molecule has 2 rings (SSSR count). The average Bonchev–Trinajstić information content (AvgIpc) is 2.69. The van der Waals surface area contributed by atoms with Gasteiger partial charge in [-0.15, -0.1) is 0 Å². The Kier molecular flexibility index (Phi) is 4.77. The first-order chi connectivity index (χ1) is 9.47. The fraction of sp³-hybridized carbons (Fsp3) is 0.714. The number of likely N-dealkylation sites (N-methyl/N-ethyl adjacent to an activating group) is 1. The molecule has 0 saturated carbocycles. The summed E-state index contributed by atoms with van der Waals surface area (Å²) < 4.78 is 2.04. The Morgan fingerprint density at radius 1 is 1.35 bits per heavy atom. The molecule has 1 saturated heterocycles.